The third kappa shape index (κ3) is 8.61. The third-order valence-corrected chi connectivity index (χ3v) is 1.36. The fourth-order valence-electron chi connectivity index (χ4n) is 0.777. The molecule has 0 heterocycles. The summed E-state index contributed by atoms with van der Waals surface area (Å²) in [5.74, 6) is -0.0480. The molecule has 0 aromatic heterocycles. The molecule has 0 aliphatic heterocycles. The van der Waals surface area contributed by atoms with Crippen molar-refractivity contribution in [2.75, 3.05) is 13.2 Å². The van der Waals surface area contributed by atoms with Crippen molar-refractivity contribution in [3.8, 4) is 0 Å². The molecule has 0 aromatic rings. The first-order valence-corrected chi connectivity index (χ1v) is 4.18. The number of unbranched alkanes of at least 4 members (excludes halogenated alkanes) is 2. The zero-order chi connectivity index (χ0) is 10.1. The Morgan fingerprint density at radius 3 is 2.54 bits per heavy atom. The second kappa shape index (κ2) is 7.35. The maximum Gasteiger partial charge on any atom is 0.195 e. The standard InChI is InChI=1S/C7H17N5O/c8-6(9)12-7(10)11-4-2-1-3-5-13/h13H,1-5H2,(H6,8,9,10,11,12). The van der Waals surface area contributed by atoms with Crippen LogP contribution >= 0.6 is 0 Å². The van der Waals surface area contributed by atoms with Crippen LogP contribution in [0.4, 0.5) is 0 Å². The highest BCUT2D eigenvalue weighted by molar-refractivity contribution is 5.95. The number of aliphatic imine (C=N–C) groups is 1. The summed E-state index contributed by atoms with van der Waals surface area (Å²) in [5.41, 5.74) is 10.4. The molecular weight excluding hydrogens is 170 g/mol. The van der Waals surface area contributed by atoms with Crippen LogP contribution < -0.4 is 16.8 Å². The number of nitrogens with zero attached hydrogens (tertiary/aromatic N) is 1. The van der Waals surface area contributed by atoms with E-state index in [4.69, 9.17) is 22.0 Å². The lowest BCUT2D eigenvalue weighted by atomic mass is 10.2. The van der Waals surface area contributed by atoms with E-state index < -0.39 is 0 Å². The Morgan fingerprint density at radius 2 is 2.00 bits per heavy atom. The summed E-state index contributed by atoms with van der Waals surface area (Å²) < 4.78 is 0. The first-order valence-electron chi connectivity index (χ1n) is 4.18. The summed E-state index contributed by atoms with van der Waals surface area (Å²) in [7, 11) is 0. The largest absolute Gasteiger partial charge is 0.396 e. The van der Waals surface area contributed by atoms with Crippen LogP contribution in [0.3, 0.4) is 0 Å². The molecule has 6 heteroatoms. The van der Waals surface area contributed by atoms with E-state index >= 15 is 0 Å². The molecule has 0 bridgehead atoms. The van der Waals surface area contributed by atoms with Crippen molar-refractivity contribution in [3.63, 3.8) is 0 Å². The molecule has 0 radical (unpaired) electrons. The van der Waals surface area contributed by atoms with Crippen LogP contribution in [0.2, 0.25) is 0 Å². The minimum absolute atomic E-state index is 0.163. The number of rotatable bonds is 5. The molecule has 76 valence electrons. The summed E-state index contributed by atoms with van der Waals surface area (Å²) in [5, 5.41) is 17.7. The second-order valence-electron chi connectivity index (χ2n) is 2.59. The van der Waals surface area contributed by atoms with Crippen LogP contribution in [-0.2, 0) is 0 Å². The van der Waals surface area contributed by atoms with Crippen LogP contribution in [0.15, 0.2) is 4.99 Å². The van der Waals surface area contributed by atoms with Crippen molar-refractivity contribution in [1.82, 2.24) is 5.32 Å². The van der Waals surface area contributed by atoms with Crippen LogP contribution in [-0.4, -0.2) is 30.2 Å². The molecule has 7 N–H and O–H groups in total. The van der Waals surface area contributed by atoms with Gasteiger partial charge >= 0.3 is 0 Å². The minimum Gasteiger partial charge on any atom is -0.396 e. The zero-order valence-corrected chi connectivity index (χ0v) is 7.58. The molecule has 0 atom stereocenters. The molecule has 0 fully saturated rings. The molecule has 13 heavy (non-hydrogen) atoms. The van der Waals surface area contributed by atoms with E-state index in [-0.39, 0.29) is 18.5 Å². The average molecular weight is 187 g/mol. The Hall–Kier alpha value is -1.30. The molecule has 0 saturated carbocycles. The number of guanidine groups is 2. The van der Waals surface area contributed by atoms with Gasteiger partial charge < -0.3 is 16.6 Å². The van der Waals surface area contributed by atoms with Crippen molar-refractivity contribution in [2.24, 2.45) is 16.5 Å². The molecule has 0 unspecified atom stereocenters. The van der Waals surface area contributed by atoms with Crippen LogP contribution in [0.25, 0.3) is 0 Å². The quantitative estimate of drug-likeness (QED) is 0.214. The van der Waals surface area contributed by atoms with Gasteiger partial charge in [-0.25, -0.2) is 0 Å². The van der Waals surface area contributed by atoms with Gasteiger partial charge in [0.05, 0.1) is 0 Å². The predicted octanol–water partition coefficient (Wildman–Crippen LogP) is -1.05. The number of nitrogens with two attached hydrogens (primary N) is 2. The number of aliphatic hydroxyl groups is 1. The van der Waals surface area contributed by atoms with Crippen molar-refractivity contribution in [3.05, 3.63) is 0 Å². The van der Waals surface area contributed by atoms with Gasteiger partial charge in [0.25, 0.3) is 0 Å². The van der Waals surface area contributed by atoms with Crippen LogP contribution in [0, 0.1) is 5.41 Å². The highest BCUT2D eigenvalue weighted by Crippen LogP contribution is 1.93. The number of hydrogen-bond acceptors (Lipinski definition) is 3. The van der Waals surface area contributed by atoms with E-state index in [1.807, 2.05) is 0 Å². The lowest BCUT2D eigenvalue weighted by Gasteiger charge is -2.01. The van der Waals surface area contributed by atoms with E-state index in [0.29, 0.717) is 6.54 Å². The van der Waals surface area contributed by atoms with E-state index in [0.717, 1.165) is 19.3 Å². The first-order chi connectivity index (χ1) is 6.16. The number of hydrogen-bond donors (Lipinski definition) is 5. The molecule has 0 aliphatic rings. The summed E-state index contributed by atoms with van der Waals surface area (Å²) in [6, 6.07) is 0. The molecule has 0 rings (SSSR count). The van der Waals surface area contributed by atoms with Gasteiger partial charge in [0.15, 0.2) is 11.9 Å². The lowest BCUT2D eigenvalue weighted by Crippen LogP contribution is -2.40. The smallest absolute Gasteiger partial charge is 0.195 e. The lowest BCUT2D eigenvalue weighted by molar-refractivity contribution is 0.283. The molecule has 0 spiro atoms. The molecular formula is C7H17N5O. The zero-order valence-electron chi connectivity index (χ0n) is 7.58. The normalized spacial score (nSPS) is 11.3. The fraction of sp³-hybridized carbons (Fsp3) is 0.714. The summed E-state index contributed by atoms with van der Waals surface area (Å²) in [6.45, 7) is 0.803. The summed E-state index contributed by atoms with van der Waals surface area (Å²) in [6.07, 6.45) is 2.59. The molecule has 6 nitrogen and oxygen atoms in total. The maximum atomic E-state index is 8.48. The average Bonchev–Trinajstić information content (AvgIpc) is 2.02. The Balaban J connectivity index is 3.42. The second-order valence-corrected chi connectivity index (χ2v) is 2.59. The minimum atomic E-state index is -0.211. The first kappa shape index (κ1) is 11.7. The number of aliphatic hydroxyl groups excluding tert-OH is 1. The monoisotopic (exact) mass is 187 g/mol. The Kier molecular flexibility index (Phi) is 6.62. The topological polar surface area (TPSA) is 121 Å². The van der Waals surface area contributed by atoms with Crippen molar-refractivity contribution in [2.45, 2.75) is 19.3 Å². The van der Waals surface area contributed by atoms with Crippen molar-refractivity contribution >= 4 is 11.9 Å². The van der Waals surface area contributed by atoms with E-state index in [1.165, 1.54) is 0 Å². The van der Waals surface area contributed by atoms with E-state index in [9.17, 15) is 0 Å². The van der Waals surface area contributed by atoms with Gasteiger partial charge in [-0.2, -0.15) is 0 Å². The van der Waals surface area contributed by atoms with Crippen LogP contribution in [0.5, 0.6) is 0 Å². The SMILES string of the molecule is N=C(N)NC(N)=NCCCCCO. The molecule has 0 aromatic carbocycles. The van der Waals surface area contributed by atoms with Gasteiger partial charge in [0.1, 0.15) is 0 Å². The van der Waals surface area contributed by atoms with Gasteiger partial charge in [-0.05, 0) is 19.3 Å². The molecule has 0 aliphatic carbocycles. The Morgan fingerprint density at radius 1 is 1.31 bits per heavy atom. The van der Waals surface area contributed by atoms with Crippen molar-refractivity contribution < 1.29 is 5.11 Å². The summed E-state index contributed by atoms with van der Waals surface area (Å²) >= 11 is 0. The van der Waals surface area contributed by atoms with Crippen molar-refractivity contribution in [1.29, 1.82) is 5.41 Å². The fourth-order valence-corrected chi connectivity index (χ4v) is 0.777. The van der Waals surface area contributed by atoms with Gasteiger partial charge in [0.2, 0.25) is 0 Å². The molecule has 0 saturated heterocycles. The highest BCUT2D eigenvalue weighted by atomic mass is 16.2. The highest BCUT2D eigenvalue weighted by Gasteiger charge is 1.91. The molecule has 0 amide bonds. The van der Waals surface area contributed by atoms with Gasteiger partial charge in [0, 0.05) is 13.2 Å². The number of nitrogens with one attached hydrogen (secondary N) is 2. The maximum absolute atomic E-state index is 8.48. The van der Waals surface area contributed by atoms with Gasteiger partial charge in [-0.1, -0.05) is 0 Å². The van der Waals surface area contributed by atoms with Gasteiger partial charge in [-0.15, -0.1) is 0 Å². The van der Waals surface area contributed by atoms with Gasteiger partial charge in [-0.3, -0.25) is 15.7 Å². The third-order valence-electron chi connectivity index (χ3n) is 1.36. The Bertz CT molecular complexity index is 180. The van der Waals surface area contributed by atoms with E-state index in [1.54, 1.807) is 0 Å². The van der Waals surface area contributed by atoms with E-state index in [2.05, 4.69) is 10.3 Å². The Labute approximate surface area is 77.5 Å². The predicted molar refractivity (Wildman–Crippen MR) is 52.5 cm³/mol. The summed E-state index contributed by atoms with van der Waals surface area (Å²) in [4.78, 5) is 3.92. The van der Waals surface area contributed by atoms with Crippen LogP contribution in [0.1, 0.15) is 19.3 Å².